The van der Waals surface area contributed by atoms with E-state index in [9.17, 15) is 9.59 Å². The zero-order valence-electron chi connectivity index (χ0n) is 15.3. The minimum Gasteiger partial charge on any atom is -0.497 e. The van der Waals surface area contributed by atoms with Crippen LogP contribution >= 0.6 is 0 Å². The maximum Gasteiger partial charge on any atom is 0.228 e. The lowest BCUT2D eigenvalue weighted by Gasteiger charge is -2.08. The van der Waals surface area contributed by atoms with E-state index in [-0.39, 0.29) is 23.7 Å². The summed E-state index contributed by atoms with van der Waals surface area (Å²) in [6.45, 7) is 4.49. The largest absolute Gasteiger partial charge is 0.497 e. The van der Waals surface area contributed by atoms with Gasteiger partial charge in [0.15, 0.2) is 0 Å². The van der Waals surface area contributed by atoms with Crippen molar-refractivity contribution in [2.75, 3.05) is 12.4 Å². The Kier molecular flexibility index (Phi) is 5.26. The van der Waals surface area contributed by atoms with Crippen LogP contribution in [0.5, 0.6) is 5.75 Å². The number of hydrogen-bond donors (Lipinski definition) is 2. The van der Waals surface area contributed by atoms with Gasteiger partial charge in [0.25, 0.3) is 0 Å². The van der Waals surface area contributed by atoms with Crippen molar-refractivity contribution in [2.24, 2.45) is 11.8 Å². The van der Waals surface area contributed by atoms with E-state index in [1.165, 1.54) is 5.56 Å². The molecule has 0 aromatic heterocycles. The summed E-state index contributed by atoms with van der Waals surface area (Å²) < 4.78 is 5.11. The standard InChI is InChI=1S/C21H24N2O3/c1-13-4-7-16(10-14(13)2)23-21(25)19-11-18(19)20(24)22-12-15-5-8-17(26-3)9-6-15/h4-10,18-19H,11-12H2,1-3H3,(H,22,24)(H,23,25). The normalized spacial score (nSPS) is 18.1. The Hall–Kier alpha value is -2.82. The molecule has 5 nitrogen and oxygen atoms in total. The van der Waals surface area contributed by atoms with E-state index < -0.39 is 0 Å². The second kappa shape index (κ2) is 7.60. The van der Waals surface area contributed by atoms with Crippen molar-refractivity contribution < 1.29 is 14.3 Å². The first-order chi connectivity index (χ1) is 12.5. The second-order valence-electron chi connectivity index (χ2n) is 6.80. The third kappa shape index (κ3) is 4.23. The fourth-order valence-electron chi connectivity index (χ4n) is 2.89. The monoisotopic (exact) mass is 352 g/mol. The summed E-state index contributed by atoms with van der Waals surface area (Å²) >= 11 is 0. The van der Waals surface area contributed by atoms with Gasteiger partial charge in [-0.15, -0.1) is 0 Å². The molecule has 26 heavy (non-hydrogen) atoms. The molecular weight excluding hydrogens is 328 g/mol. The average molecular weight is 352 g/mol. The third-order valence-electron chi connectivity index (χ3n) is 4.86. The van der Waals surface area contributed by atoms with Gasteiger partial charge in [-0.3, -0.25) is 9.59 Å². The smallest absolute Gasteiger partial charge is 0.228 e. The van der Waals surface area contributed by atoms with Crippen LogP contribution in [-0.4, -0.2) is 18.9 Å². The van der Waals surface area contributed by atoms with Crippen LogP contribution in [0.2, 0.25) is 0 Å². The van der Waals surface area contributed by atoms with Crippen molar-refractivity contribution in [3.05, 3.63) is 59.2 Å². The lowest BCUT2D eigenvalue weighted by Crippen LogP contribution is -2.27. The summed E-state index contributed by atoms with van der Waals surface area (Å²) in [7, 11) is 1.62. The number of ether oxygens (including phenoxy) is 1. The van der Waals surface area contributed by atoms with Crippen LogP contribution in [-0.2, 0) is 16.1 Å². The zero-order valence-corrected chi connectivity index (χ0v) is 15.3. The van der Waals surface area contributed by atoms with Gasteiger partial charge in [0, 0.05) is 12.2 Å². The Morgan fingerprint density at radius 2 is 1.69 bits per heavy atom. The SMILES string of the molecule is COc1ccc(CNC(=O)C2CC2C(=O)Nc2ccc(C)c(C)c2)cc1. The van der Waals surface area contributed by atoms with Gasteiger partial charge in [-0.05, 0) is 61.2 Å². The number of anilines is 1. The maximum atomic E-state index is 12.3. The molecule has 0 radical (unpaired) electrons. The number of hydrogen-bond acceptors (Lipinski definition) is 3. The number of carbonyl (C=O) groups excluding carboxylic acids is 2. The van der Waals surface area contributed by atoms with Gasteiger partial charge in [0.2, 0.25) is 11.8 Å². The first kappa shape index (κ1) is 18.0. The molecule has 136 valence electrons. The Labute approximate surface area is 153 Å². The number of amides is 2. The van der Waals surface area contributed by atoms with Crippen LogP contribution in [0, 0.1) is 25.7 Å². The summed E-state index contributed by atoms with van der Waals surface area (Å²) in [6, 6.07) is 13.4. The molecule has 1 fully saturated rings. The molecule has 0 heterocycles. The topological polar surface area (TPSA) is 67.4 Å². The number of carbonyl (C=O) groups is 2. The van der Waals surface area contributed by atoms with Crippen molar-refractivity contribution in [1.29, 1.82) is 0 Å². The summed E-state index contributed by atoms with van der Waals surface area (Å²) in [4.78, 5) is 24.6. The third-order valence-corrected chi connectivity index (χ3v) is 4.86. The number of methoxy groups -OCH3 is 1. The van der Waals surface area contributed by atoms with E-state index >= 15 is 0 Å². The van der Waals surface area contributed by atoms with Gasteiger partial charge in [-0.1, -0.05) is 18.2 Å². The van der Waals surface area contributed by atoms with Crippen molar-refractivity contribution in [2.45, 2.75) is 26.8 Å². The Morgan fingerprint density at radius 3 is 2.35 bits per heavy atom. The summed E-state index contributed by atoms with van der Waals surface area (Å²) in [5, 5.41) is 5.81. The molecule has 2 atom stereocenters. The van der Waals surface area contributed by atoms with Crippen molar-refractivity contribution in [3.63, 3.8) is 0 Å². The highest BCUT2D eigenvalue weighted by molar-refractivity contribution is 5.99. The molecule has 1 aliphatic carbocycles. The first-order valence-electron chi connectivity index (χ1n) is 8.76. The van der Waals surface area contributed by atoms with Gasteiger partial charge in [0.1, 0.15) is 5.75 Å². The van der Waals surface area contributed by atoms with Gasteiger partial charge in [-0.2, -0.15) is 0 Å². The lowest BCUT2D eigenvalue weighted by atomic mass is 10.1. The van der Waals surface area contributed by atoms with Crippen LogP contribution in [0.4, 0.5) is 5.69 Å². The highest BCUT2D eigenvalue weighted by Crippen LogP contribution is 2.39. The van der Waals surface area contributed by atoms with Crippen molar-refractivity contribution in [1.82, 2.24) is 5.32 Å². The number of rotatable bonds is 6. The van der Waals surface area contributed by atoms with E-state index in [1.807, 2.05) is 56.3 Å². The predicted molar refractivity (Wildman–Crippen MR) is 101 cm³/mol. The fourth-order valence-corrected chi connectivity index (χ4v) is 2.89. The van der Waals surface area contributed by atoms with Crippen LogP contribution in [0.15, 0.2) is 42.5 Å². The molecular formula is C21H24N2O3. The van der Waals surface area contributed by atoms with Gasteiger partial charge < -0.3 is 15.4 Å². The zero-order chi connectivity index (χ0) is 18.7. The minimum atomic E-state index is -0.243. The molecule has 2 unspecified atom stereocenters. The Bertz CT molecular complexity index is 815. The molecule has 0 aliphatic heterocycles. The van der Waals surface area contributed by atoms with E-state index in [2.05, 4.69) is 10.6 Å². The molecule has 5 heteroatoms. The van der Waals surface area contributed by atoms with Gasteiger partial charge in [-0.25, -0.2) is 0 Å². The molecule has 1 saturated carbocycles. The van der Waals surface area contributed by atoms with Crippen molar-refractivity contribution >= 4 is 17.5 Å². The molecule has 3 rings (SSSR count). The van der Waals surface area contributed by atoms with Crippen LogP contribution in [0.25, 0.3) is 0 Å². The van der Waals surface area contributed by atoms with E-state index in [0.29, 0.717) is 13.0 Å². The van der Waals surface area contributed by atoms with Gasteiger partial charge in [0.05, 0.1) is 18.9 Å². The van der Waals surface area contributed by atoms with Crippen LogP contribution in [0.3, 0.4) is 0 Å². The Balaban J connectivity index is 1.48. The van der Waals surface area contributed by atoms with Crippen LogP contribution < -0.4 is 15.4 Å². The van der Waals surface area contributed by atoms with Crippen molar-refractivity contribution in [3.8, 4) is 5.75 Å². The highest BCUT2D eigenvalue weighted by atomic mass is 16.5. The summed E-state index contributed by atoms with van der Waals surface area (Å²) in [5.74, 6) is 0.150. The quantitative estimate of drug-likeness (QED) is 0.839. The molecule has 2 N–H and O–H groups in total. The fraction of sp³-hybridized carbons (Fsp3) is 0.333. The molecule has 0 bridgehead atoms. The summed E-state index contributed by atoms with van der Waals surface area (Å²) in [5.41, 5.74) is 4.09. The molecule has 2 aromatic carbocycles. The number of benzene rings is 2. The van der Waals surface area contributed by atoms with Gasteiger partial charge >= 0.3 is 0 Å². The summed E-state index contributed by atoms with van der Waals surface area (Å²) in [6.07, 6.45) is 0.602. The molecule has 2 amide bonds. The lowest BCUT2D eigenvalue weighted by molar-refractivity contribution is -0.125. The average Bonchev–Trinajstić information content (AvgIpc) is 3.44. The predicted octanol–water partition coefficient (Wildman–Crippen LogP) is 3.20. The second-order valence-corrected chi connectivity index (χ2v) is 6.80. The highest BCUT2D eigenvalue weighted by Gasteiger charge is 2.47. The number of nitrogens with one attached hydrogen (secondary N) is 2. The maximum absolute atomic E-state index is 12.3. The van der Waals surface area contributed by atoms with E-state index in [1.54, 1.807) is 7.11 Å². The molecule has 2 aromatic rings. The minimum absolute atomic E-state index is 0.0685. The van der Waals surface area contributed by atoms with Crippen LogP contribution in [0.1, 0.15) is 23.1 Å². The molecule has 0 saturated heterocycles. The first-order valence-corrected chi connectivity index (χ1v) is 8.76. The molecule has 0 spiro atoms. The number of aryl methyl sites for hydroxylation is 2. The van der Waals surface area contributed by atoms with E-state index in [4.69, 9.17) is 4.74 Å². The Morgan fingerprint density at radius 1 is 1.00 bits per heavy atom. The van der Waals surface area contributed by atoms with E-state index in [0.717, 1.165) is 22.6 Å². The molecule has 1 aliphatic rings.